The summed E-state index contributed by atoms with van der Waals surface area (Å²) in [5, 5.41) is 0. The van der Waals surface area contributed by atoms with Crippen LogP contribution in [0.2, 0.25) is 0 Å². The summed E-state index contributed by atoms with van der Waals surface area (Å²) in [5.41, 5.74) is 2.32. The van der Waals surface area contributed by atoms with E-state index in [1.165, 1.54) is 5.56 Å². The lowest BCUT2D eigenvalue weighted by molar-refractivity contribution is -0.233. The summed E-state index contributed by atoms with van der Waals surface area (Å²) in [4.78, 5) is 0. The van der Waals surface area contributed by atoms with Gasteiger partial charge in [-0.25, -0.2) is 0 Å². The second-order valence-corrected chi connectivity index (χ2v) is 7.72. The highest BCUT2D eigenvalue weighted by atomic mass is 16.7. The third-order valence-corrected chi connectivity index (χ3v) is 4.80. The topological polar surface area (TPSA) is 36.9 Å². The first-order valence-corrected chi connectivity index (χ1v) is 10.2. The van der Waals surface area contributed by atoms with Crippen LogP contribution in [-0.4, -0.2) is 30.7 Å². The van der Waals surface area contributed by atoms with Crippen molar-refractivity contribution in [1.29, 1.82) is 0 Å². The molecular weight excluding hydrogens is 352 g/mol. The molecule has 1 fully saturated rings. The van der Waals surface area contributed by atoms with Gasteiger partial charge in [-0.1, -0.05) is 60.7 Å². The van der Waals surface area contributed by atoms with Crippen LogP contribution in [0.1, 0.15) is 44.7 Å². The molecule has 3 rings (SSSR count). The van der Waals surface area contributed by atoms with Crippen LogP contribution in [0.15, 0.2) is 60.7 Å². The minimum absolute atomic E-state index is 0.0508. The number of rotatable bonds is 8. The van der Waals surface area contributed by atoms with E-state index < -0.39 is 0 Å². The van der Waals surface area contributed by atoms with Crippen molar-refractivity contribution in [2.75, 3.05) is 0 Å². The Morgan fingerprint density at radius 1 is 0.857 bits per heavy atom. The average molecular weight is 385 g/mol. The van der Waals surface area contributed by atoms with Crippen molar-refractivity contribution in [2.24, 2.45) is 0 Å². The van der Waals surface area contributed by atoms with Crippen LogP contribution in [0.5, 0.6) is 0 Å². The molecule has 2 aromatic carbocycles. The van der Waals surface area contributed by atoms with Crippen LogP contribution in [0.25, 0.3) is 0 Å². The Kier molecular flexibility index (Phi) is 8.04. The Morgan fingerprint density at radius 2 is 1.43 bits per heavy atom. The van der Waals surface area contributed by atoms with Gasteiger partial charge < -0.3 is 18.9 Å². The summed E-state index contributed by atoms with van der Waals surface area (Å²) >= 11 is 0. The van der Waals surface area contributed by atoms with Crippen molar-refractivity contribution in [3.05, 3.63) is 71.8 Å². The number of ether oxygens (including phenoxy) is 4. The lowest BCUT2D eigenvalue weighted by Crippen LogP contribution is -2.37. The maximum absolute atomic E-state index is 6.26. The average Bonchev–Trinajstić information content (AvgIpc) is 2.84. The fraction of sp³-hybridized carbons (Fsp3) is 0.500. The second-order valence-electron chi connectivity index (χ2n) is 7.72. The van der Waals surface area contributed by atoms with E-state index in [0.717, 1.165) is 18.4 Å². The molecule has 28 heavy (non-hydrogen) atoms. The SMILES string of the molecule is CC(C)OC1OC(C)CC(OCc2ccccc2)CC1OCc1ccccc1. The molecular formula is C24H32O4. The predicted octanol–water partition coefficient (Wildman–Crippen LogP) is 5.11. The molecule has 0 N–H and O–H groups in total. The van der Waals surface area contributed by atoms with Crippen molar-refractivity contribution in [3.8, 4) is 0 Å². The number of hydrogen-bond acceptors (Lipinski definition) is 4. The molecule has 1 aliphatic rings. The first kappa shape index (κ1) is 21.0. The first-order valence-electron chi connectivity index (χ1n) is 10.2. The molecule has 1 aliphatic heterocycles. The summed E-state index contributed by atoms with van der Waals surface area (Å²) in [6.07, 6.45) is 1.21. The van der Waals surface area contributed by atoms with Gasteiger partial charge >= 0.3 is 0 Å². The molecule has 0 bridgehead atoms. The van der Waals surface area contributed by atoms with Crippen LogP contribution >= 0.6 is 0 Å². The van der Waals surface area contributed by atoms with Crippen LogP contribution in [0.4, 0.5) is 0 Å². The number of benzene rings is 2. The Hall–Kier alpha value is -1.72. The molecule has 152 valence electrons. The zero-order valence-electron chi connectivity index (χ0n) is 17.1. The maximum atomic E-state index is 6.26. The van der Waals surface area contributed by atoms with Crippen LogP contribution in [0.3, 0.4) is 0 Å². The Labute approximate surface area is 168 Å². The van der Waals surface area contributed by atoms with E-state index in [-0.39, 0.29) is 30.7 Å². The van der Waals surface area contributed by atoms with Gasteiger partial charge in [-0.15, -0.1) is 0 Å². The second kappa shape index (κ2) is 10.7. The third kappa shape index (κ3) is 6.71. The van der Waals surface area contributed by atoms with E-state index in [1.54, 1.807) is 0 Å². The fourth-order valence-corrected chi connectivity index (χ4v) is 3.45. The van der Waals surface area contributed by atoms with Gasteiger partial charge in [0.05, 0.1) is 31.5 Å². The highest BCUT2D eigenvalue weighted by Gasteiger charge is 2.34. The van der Waals surface area contributed by atoms with Gasteiger partial charge in [0.2, 0.25) is 0 Å². The Bertz CT molecular complexity index is 674. The Morgan fingerprint density at radius 3 is 2.00 bits per heavy atom. The zero-order valence-corrected chi connectivity index (χ0v) is 17.1. The lowest BCUT2D eigenvalue weighted by atomic mass is 10.1. The molecule has 4 unspecified atom stereocenters. The highest BCUT2D eigenvalue weighted by Crippen LogP contribution is 2.27. The van der Waals surface area contributed by atoms with Crippen LogP contribution < -0.4 is 0 Å². The van der Waals surface area contributed by atoms with Crippen molar-refractivity contribution in [2.45, 2.75) is 77.5 Å². The van der Waals surface area contributed by atoms with Gasteiger partial charge in [0, 0.05) is 6.42 Å². The van der Waals surface area contributed by atoms with Crippen molar-refractivity contribution in [3.63, 3.8) is 0 Å². The number of hydrogen-bond donors (Lipinski definition) is 0. The summed E-state index contributed by atoms with van der Waals surface area (Å²) < 4.78 is 24.7. The molecule has 4 atom stereocenters. The lowest BCUT2D eigenvalue weighted by Gasteiger charge is -2.28. The predicted molar refractivity (Wildman–Crippen MR) is 110 cm³/mol. The van der Waals surface area contributed by atoms with E-state index in [2.05, 4.69) is 31.2 Å². The molecule has 0 amide bonds. The van der Waals surface area contributed by atoms with E-state index in [0.29, 0.717) is 13.2 Å². The van der Waals surface area contributed by atoms with Crippen molar-refractivity contribution in [1.82, 2.24) is 0 Å². The van der Waals surface area contributed by atoms with Crippen molar-refractivity contribution < 1.29 is 18.9 Å². The van der Waals surface area contributed by atoms with Gasteiger partial charge in [-0.3, -0.25) is 0 Å². The van der Waals surface area contributed by atoms with Gasteiger partial charge in [-0.2, -0.15) is 0 Å². The smallest absolute Gasteiger partial charge is 0.184 e. The molecule has 0 radical (unpaired) electrons. The largest absolute Gasteiger partial charge is 0.373 e. The molecule has 1 saturated heterocycles. The molecule has 0 saturated carbocycles. The Balaban J connectivity index is 1.65. The first-order chi connectivity index (χ1) is 13.6. The molecule has 4 nitrogen and oxygen atoms in total. The summed E-state index contributed by atoms with van der Waals surface area (Å²) in [6, 6.07) is 20.5. The van der Waals surface area contributed by atoms with E-state index in [1.807, 2.05) is 50.2 Å². The fourth-order valence-electron chi connectivity index (χ4n) is 3.45. The van der Waals surface area contributed by atoms with Crippen LogP contribution in [0, 0.1) is 0 Å². The van der Waals surface area contributed by atoms with Gasteiger partial charge in [-0.05, 0) is 38.3 Å². The quantitative estimate of drug-likeness (QED) is 0.634. The summed E-state index contributed by atoms with van der Waals surface area (Å²) in [5.74, 6) is 0. The highest BCUT2D eigenvalue weighted by molar-refractivity contribution is 5.14. The van der Waals surface area contributed by atoms with E-state index in [4.69, 9.17) is 18.9 Å². The molecule has 4 heteroatoms. The van der Waals surface area contributed by atoms with Gasteiger partial charge in [0.25, 0.3) is 0 Å². The standard InChI is InChI=1S/C24H32O4/c1-18(2)27-24-23(26-17-21-12-8-5-9-13-21)15-22(14-19(3)28-24)25-16-20-10-6-4-7-11-20/h4-13,18-19,22-24H,14-17H2,1-3H3. The normalized spacial score (nSPS) is 25.6. The molecule has 0 aliphatic carbocycles. The van der Waals surface area contributed by atoms with Gasteiger partial charge in [0.15, 0.2) is 6.29 Å². The zero-order chi connectivity index (χ0) is 19.8. The van der Waals surface area contributed by atoms with E-state index in [9.17, 15) is 0 Å². The maximum Gasteiger partial charge on any atom is 0.184 e. The van der Waals surface area contributed by atoms with Crippen LogP contribution in [-0.2, 0) is 32.2 Å². The molecule has 0 aromatic heterocycles. The van der Waals surface area contributed by atoms with E-state index >= 15 is 0 Å². The minimum atomic E-state index is -0.385. The van der Waals surface area contributed by atoms with Crippen molar-refractivity contribution >= 4 is 0 Å². The monoisotopic (exact) mass is 384 g/mol. The minimum Gasteiger partial charge on any atom is -0.373 e. The molecule has 0 spiro atoms. The molecule has 1 heterocycles. The summed E-state index contributed by atoms with van der Waals surface area (Å²) in [6.45, 7) is 7.26. The van der Waals surface area contributed by atoms with Gasteiger partial charge in [0.1, 0.15) is 6.10 Å². The third-order valence-electron chi connectivity index (χ3n) is 4.80. The summed E-state index contributed by atoms with van der Waals surface area (Å²) in [7, 11) is 0. The molecule has 2 aromatic rings.